The van der Waals surface area contributed by atoms with E-state index in [1.807, 2.05) is 52.3 Å². The molecule has 0 aromatic heterocycles. The standard InChI is InChI=1S/C26H32N2O3/c29-25(14-13-21-8-2-1-3-9-21)28-17-7-10-22(19-28)20-31-24-12-6-11-23(18-24)26(30)27-15-4-5-16-27/h1-3,6,8-9,11-12,18,22H,4-5,7,10,13-17,19-20H2. The monoisotopic (exact) mass is 420 g/mol. The Kier molecular flexibility index (Phi) is 7.23. The number of benzene rings is 2. The van der Waals surface area contributed by atoms with E-state index in [4.69, 9.17) is 4.74 Å². The molecule has 5 heteroatoms. The molecule has 164 valence electrons. The second-order valence-electron chi connectivity index (χ2n) is 8.67. The van der Waals surface area contributed by atoms with Gasteiger partial charge in [0.2, 0.25) is 5.91 Å². The maximum atomic E-state index is 12.7. The zero-order valence-corrected chi connectivity index (χ0v) is 18.2. The summed E-state index contributed by atoms with van der Waals surface area (Å²) in [6.45, 7) is 3.86. The summed E-state index contributed by atoms with van der Waals surface area (Å²) in [5.74, 6) is 1.38. The third-order valence-electron chi connectivity index (χ3n) is 6.30. The van der Waals surface area contributed by atoms with Crippen molar-refractivity contribution in [1.82, 2.24) is 9.80 Å². The number of piperidine rings is 1. The van der Waals surface area contributed by atoms with Crippen molar-refractivity contribution in [3.05, 3.63) is 65.7 Å². The van der Waals surface area contributed by atoms with Crippen molar-refractivity contribution < 1.29 is 14.3 Å². The quantitative estimate of drug-likeness (QED) is 0.675. The van der Waals surface area contributed by atoms with Gasteiger partial charge in [-0.3, -0.25) is 9.59 Å². The maximum absolute atomic E-state index is 12.7. The van der Waals surface area contributed by atoms with E-state index in [1.54, 1.807) is 0 Å². The molecular formula is C26H32N2O3. The number of aryl methyl sites for hydroxylation is 1. The highest BCUT2D eigenvalue weighted by Crippen LogP contribution is 2.22. The zero-order chi connectivity index (χ0) is 21.5. The summed E-state index contributed by atoms with van der Waals surface area (Å²) >= 11 is 0. The summed E-state index contributed by atoms with van der Waals surface area (Å²) in [5, 5.41) is 0. The van der Waals surface area contributed by atoms with Gasteiger partial charge in [-0.2, -0.15) is 0 Å². The number of carbonyl (C=O) groups is 2. The molecule has 1 unspecified atom stereocenters. The molecule has 0 aliphatic carbocycles. The lowest BCUT2D eigenvalue weighted by Crippen LogP contribution is -2.41. The largest absolute Gasteiger partial charge is 0.493 e. The first-order valence-electron chi connectivity index (χ1n) is 11.5. The lowest BCUT2D eigenvalue weighted by atomic mass is 9.98. The Morgan fingerprint density at radius 3 is 2.48 bits per heavy atom. The molecule has 0 N–H and O–H groups in total. The Bertz CT molecular complexity index is 877. The van der Waals surface area contributed by atoms with Gasteiger partial charge in [-0.05, 0) is 55.9 Å². The Hall–Kier alpha value is -2.82. The molecule has 0 bridgehead atoms. The van der Waals surface area contributed by atoms with Gasteiger partial charge in [0, 0.05) is 44.1 Å². The van der Waals surface area contributed by atoms with E-state index in [1.165, 1.54) is 5.56 Å². The molecule has 2 heterocycles. The summed E-state index contributed by atoms with van der Waals surface area (Å²) < 4.78 is 6.05. The third kappa shape index (κ3) is 5.87. The van der Waals surface area contributed by atoms with Crippen LogP contribution in [0.3, 0.4) is 0 Å². The topological polar surface area (TPSA) is 49.9 Å². The minimum Gasteiger partial charge on any atom is -0.493 e. The minimum absolute atomic E-state index is 0.0933. The third-order valence-corrected chi connectivity index (χ3v) is 6.30. The average Bonchev–Trinajstić information content (AvgIpc) is 3.37. The lowest BCUT2D eigenvalue weighted by molar-refractivity contribution is -0.133. The molecule has 2 fully saturated rings. The van der Waals surface area contributed by atoms with Crippen LogP contribution in [0, 0.1) is 5.92 Å². The van der Waals surface area contributed by atoms with Crippen LogP contribution >= 0.6 is 0 Å². The Labute approximate surface area is 185 Å². The summed E-state index contributed by atoms with van der Waals surface area (Å²) in [7, 11) is 0. The number of ether oxygens (including phenoxy) is 1. The van der Waals surface area contributed by atoms with Gasteiger partial charge in [0.1, 0.15) is 5.75 Å². The van der Waals surface area contributed by atoms with E-state index in [0.29, 0.717) is 24.5 Å². The normalized spacial score (nSPS) is 18.8. The van der Waals surface area contributed by atoms with Crippen molar-refractivity contribution in [3.8, 4) is 5.75 Å². The van der Waals surface area contributed by atoms with Crippen molar-refractivity contribution in [1.29, 1.82) is 0 Å². The number of likely N-dealkylation sites (tertiary alicyclic amines) is 2. The molecule has 2 aromatic rings. The highest BCUT2D eigenvalue weighted by atomic mass is 16.5. The Balaban J connectivity index is 1.26. The van der Waals surface area contributed by atoms with Crippen molar-refractivity contribution in [2.45, 2.75) is 38.5 Å². The molecule has 0 spiro atoms. The average molecular weight is 421 g/mol. The van der Waals surface area contributed by atoms with Gasteiger partial charge in [0.15, 0.2) is 0 Å². The smallest absolute Gasteiger partial charge is 0.253 e. The van der Waals surface area contributed by atoms with E-state index < -0.39 is 0 Å². The predicted molar refractivity (Wildman–Crippen MR) is 121 cm³/mol. The fourth-order valence-electron chi connectivity index (χ4n) is 4.52. The molecule has 1 atom stereocenters. The molecule has 2 aliphatic heterocycles. The van der Waals surface area contributed by atoms with Crippen LogP contribution < -0.4 is 4.74 Å². The number of hydrogen-bond donors (Lipinski definition) is 0. The van der Waals surface area contributed by atoms with Crippen LogP contribution in [0.5, 0.6) is 5.75 Å². The van der Waals surface area contributed by atoms with Crippen LogP contribution in [-0.4, -0.2) is 54.4 Å². The molecule has 0 saturated carbocycles. The molecule has 2 amide bonds. The van der Waals surface area contributed by atoms with Gasteiger partial charge >= 0.3 is 0 Å². The lowest BCUT2D eigenvalue weighted by Gasteiger charge is -2.32. The SMILES string of the molecule is O=C(CCc1ccccc1)N1CCCC(COc2cccc(C(=O)N3CCCC3)c2)C1. The second-order valence-corrected chi connectivity index (χ2v) is 8.67. The van der Waals surface area contributed by atoms with Gasteiger partial charge in [-0.1, -0.05) is 36.4 Å². The fourth-order valence-corrected chi connectivity index (χ4v) is 4.52. The number of nitrogens with zero attached hydrogens (tertiary/aromatic N) is 2. The maximum Gasteiger partial charge on any atom is 0.253 e. The van der Waals surface area contributed by atoms with Crippen LogP contribution in [0.4, 0.5) is 0 Å². The molecule has 4 rings (SSSR count). The van der Waals surface area contributed by atoms with Crippen LogP contribution in [0.25, 0.3) is 0 Å². The van der Waals surface area contributed by atoms with Crippen molar-refractivity contribution in [3.63, 3.8) is 0 Å². The van der Waals surface area contributed by atoms with Crippen LogP contribution in [0.2, 0.25) is 0 Å². The van der Waals surface area contributed by atoms with Gasteiger partial charge in [0.05, 0.1) is 6.61 Å². The molecule has 5 nitrogen and oxygen atoms in total. The van der Waals surface area contributed by atoms with E-state index in [-0.39, 0.29) is 11.8 Å². The minimum atomic E-state index is 0.0933. The van der Waals surface area contributed by atoms with Crippen molar-refractivity contribution >= 4 is 11.8 Å². The molecular weight excluding hydrogens is 388 g/mol. The Morgan fingerprint density at radius 2 is 1.68 bits per heavy atom. The van der Waals surface area contributed by atoms with Gasteiger partial charge in [0.25, 0.3) is 5.91 Å². The molecule has 2 saturated heterocycles. The fraction of sp³-hybridized carbons (Fsp3) is 0.462. The van der Waals surface area contributed by atoms with E-state index in [9.17, 15) is 9.59 Å². The summed E-state index contributed by atoms with van der Waals surface area (Å²) in [6, 6.07) is 17.7. The molecule has 2 aliphatic rings. The van der Waals surface area contributed by atoms with Gasteiger partial charge in [-0.25, -0.2) is 0 Å². The highest BCUT2D eigenvalue weighted by Gasteiger charge is 2.24. The number of hydrogen-bond acceptors (Lipinski definition) is 3. The summed E-state index contributed by atoms with van der Waals surface area (Å²) in [5.41, 5.74) is 1.90. The van der Waals surface area contributed by atoms with Gasteiger partial charge in [-0.15, -0.1) is 0 Å². The second kappa shape index (κ2) is 10.5. The van der Waals surface area contributed by atoms with Crippen molar-refractivity contribution in [2.75, 3.05) is 32.8 Å². The number of rotatable bonds is 7. The van der Waals surface area contributed by atoms with E-state index in [2.05, 4.69) is 12.1 Å². The number of carbonyl (C=O) groups excluding carboxylic acids is 2. The van der Waals surface area contributed by atoms with E-state index in [0.717, 1.165) is 64.0 Å². The first kappa shape index (κ1) is 21.4. The predicted octanol–water partition coefficient (Wildman–Crippen LogP) is 4.17. The number of amides is 2. The zero-order valence-electron chi connectivity index (χ0n) is 18.2. The first-order chi connectivity index (χ1) is 15.2. The van der Waals surface area contributed by atoms with Crippen molar-refractivity contribution in [2.24, 2.45) is 5.92 Å². The van der Waals surface area contributed by atoms with Gasteiger partial charge < -0.3 is 14.5 Å². The van der Waals surface area contributed by atoms with Crippen LogP contribution in [0.1, 0.15) is 48.0 Å². The molecule has 0 radical (unpaired) electrons. The van der Waals surface area contributed by atoms with Crippen LogP contribution in [0.15, 0.2) is 54.6 Å². The molecule has 2 aromatic carbocycles. The molecule has 31 heavy (non-hydrogen) atoms. The highest BCUT2D eigenvalue weighted by molar-refractivity contribution is 5.94. The first-order valence-corrected chi connectivity index (χ1v) is 11.5. The summed E-state index contributed by atoms with van der Waals surface area (Å²) in [6.07, 6.45) is 5.59. The van der Waals surface area contributed by atoms with E-state index >= 15 is 0 Å². The van der Waals surface area contributed by atoms with Crippen LogP contribution in [-0.2, 0) is 11.2 Å². The summed E-state index contributed by atoms with van der Waals surface area (Å²) in [4.78, 5) is 29.2. The Morgan fingerprint density at radius 1 is 0.903 bits per heavy atom.